The molecule has 1 aromatic rings. The molecule has 1 N–H and O–H groups in total. The number of carbonyl (C=O) groups excluding carboxylic acids is 2. The molecule has 0 radical (unpaired) electrons. The summed E-state index contributed by atoms with van der Waals surface area (Å²) in [5, 5.41) is 2.88. The van der Waals surface area contributed by atoms with E-state index in [2.05, 4.69) is 5.32 Å². The van der Waals surface area contributed by atoms with Crippen molar-refractivity contribution in [3.63, 3.8) is 0 Å². The Morgan fingerprint density at radius 2 is 1.42 bits per heavy atom. The lowest BCUT2D eigenvalue weighted by Crippen LogP contribution is -2.24. The first kappa shape index (κ1) is 13.6. The Bertz CT molecular complexity index is 624. The molecule has 0 aromatic heterocycles. The van der Waals surface area contributed by atoms with Gasteiger partial charge in [-0.2, -0.15) is 0 Å². The molecule has 2 rings (SSSR count). The first-order chi connectivity index (χ1) is 8.91. The molecular formula is C15H14ClNO2. The molecule has 19 heavy (non-hydrogen) atoms. The van der Waals surface area contributed by atoms with E-state index in [0.29, 0.717) is 11.1 Å². The lowest BCUT2D eigenvalue weighted by Gasteiger charge is -2.18. The van der Waals surface area contributed by atoms with Crippen LogP contribution in [0.3, 0.4) is 0 Å². The molecule has 0 atom stereocenters. The fraction of sp³-hybridized carbons (Fsp3) is 0.200. The maximum absolute atomic E-state index is 12.1. The van der Waals surface area contributed by atoms with Crippen LogP contribution in [0.5, 0.6) is 0 Å². The summed E-state index contributed by atoms with van der Waals surface area (Å²) in [7, 11) is 0. The highest BCUT2D eigenvalue weighted by molar-refractivity contribution is 6.49. The number of allylic oxidation sites excluding steroid dienone is 3. The zero-order valence-corrected chi connectivity index (χ0v) is 11.8. The highest BCUT2D eigenvalue weighted by Crippen LogP contribution is 2.27. The van der Waals surface area contributed by atoms with Crippen LogP contribution in [0.4, 0.5) is 5.69 Å². The third-order valence-corrected chi connectivity index (χ3v) is 3.57. The van der Waals surface area contributed by atoms with Gasteiger partial charge >= 0.3 is 0 Å². The molecule has 98 valence electrons. The van der Waals surface area contributed by atoms with Gasteiger partial charge in [-0.05, 0) is 32.9 Å². The molecule has 0 amide bonds. The average Bonchev–Trinajstić information content (AvgIpc) is 2.41. The monoisotopic (exact) mass is 275 g/mol. The number of nitrogens with one attached hydrogen (secondary N) is 1. The van der Waals surface area contributed by atoms with Crippen LogP contribution >= 0.6 is 11.6 Å². The van der Waals surface area contributed by atoms with Crippen LogP contribution in [0.2, 0.25) is 0 Å². The van der Waals surface area contributed by atoms with E-state index >= 15 is 0 Å². The summed E-state index contributed by atoms with van der Waals surface area (Å²) in [6, 6.07) is 7.51. The van der Waals surface area contributed by atoms with Crippen molar-refractivity contribution < 1.29 is 9.59 Å². The Kier molecular flexibility index (Phi) is 3.58. The summed E-state index contributed by atoms with van der Waals surface area (Å²) in [6.45, 7) is 5.22. The summed E-state index contributed by atoms with van der Waals surface area (Å²) < 4.78 is 0. The highest BCUT2D eigenvalue weighted by atomic mass is 35.5. The molecule has 1 aliphatic carbocycles. The Balaban J connectivity index is 2.37. The second-order valence-electron chi connectivity index (χ2n) is 4.59. The third kappa shape index (κ3) is 2.47. The predicted octanol–water partition coefficient (Wildman–Crippen LogP) is 3.35. The molecule has 1 aliphatic rings. The minimum Gasteiger partial charge on any atom is -0.351 e. The minimum atomic E-state index is -0.298. The van der Waals surface area contributed by atoms with E-state index in [0.717, 1.165) is 11.3 Å². The maximum atomic E-state index is 12.1. The molecular weight excluding hydrogens is 262 g/mol. The van der Waals surface area contributed by atoms with Gasteiger partial charge in [-0.1, -0.05) is 29.3 Å². The van der Waals surface area contributed by atoms with Crippen molar-refractivity contribution in [1.82, 2.24) is 0 Å². The molecule has 0 fully saturated rings. The summed E-state index contributed by atoms with van der Waals surface area (Å²) in [4.78, 5) is 24.0. The predicted molar refractivity (Wildman–Crippen MR) is 76.1 cm³/mol. The van der Waals surface area contributed by atoms with E-state index in [-0.39, 0.29) is 22.3 Å². The number of aryl methyl sites for hydroxylation is 1. The molecule has 3 nitrogen and oxygen atoms in total. The van der Waals surface area contributed by atoms with Crippen LogP contribution in [0.25, 0.3) is 0 Å². The normalized spacial score (nSPS) is 16.2. The van der Waals surface area contributed by atoms with Crippen molar-refractivity contribution in [2.24, 2.45) is 0 Å². The third-order valence-electron chi connectivity index (χ3n) is 3.21. The van der Waals surface area contributed by atoms with Gasteiger partial charge in [-0.3, -0.25) is 9.59 Å². The largest absolute Gasteiger partial charge is 0.351 e. The fourth-order valence-electron chi connectivity index (χ4n) is 1.80. The Hall–Kier alpha value is -1.87. The van der Waals surface area contributed by atoms with Crippen LogP contribution in [0.15, 0.2) is 46.1 Å². The summed E-state index contributed by atoms with van der Waals surface area (Å²) >= 11 is 5.98. The molecule has 0 spiro atoms. The van der Waals surface area contributed by atoms with Gasteiger partial charge in [-0.15, -0.1) is 0 Å². The van der Waals surface area contributed by atoms with Crippen LogP contribution < -0.4 is 5.32 Å². The maximum Gasteiger partial charge on any atom is 0.206 e. The summed E-state index contributed by atoms with van der Waals surface area (Å²) in [5.74, 6) is -0.531. The molecule has 0 bridgehead atoms. The van der Waals surface area contributed by atoms with Crippen molar-refractivity contribution in [2.45, 2.75) is 20.8 Å². The van der Waals surface area contributed by atoms with Gasteiger partial charge in [0.2, 0.25) is 11.6 Å². The highest BCUT2D eigenvalue weighted by Gasteiger charge is 2.29. The van der Waals surface area contributed by atoms with Gasteiger partial charge in [0.25, 0.3) is 0 Å². The van der Waals surface area contributed by atoms with Gasteiger partial charge in [0, 0.05) is 16.8 Å². The molecule has 4 heteroatoms. The van der Waals surface area contributed by atoms with E-state index in [1.54, 1.807) is 13.8 Å². The van der Waals surface area contributed by atoms with Crippen LogP contribution in [-0.4, -0.2) is 11.6 Å². The molecule has 0 unspecified atom stereocenters. The van der Waals surface area contributed by atoms with Gasteiger partial charge in [-0.25, -0.2) is 0 Å². The van der Waals surface area contributed by atoms with Crippen LogP contribution in [-0.2, 0) is 9.59 Å². The number of hydrogen-bond donors (Lipinski definition) is 1. The lowest BCUT2D eigenvalue weighted by molar-refractivity contribution is -0.116. The van der Waals surface area contributed by atoms with E-state index in [9.17, 15) is 9.59 Å². The summed E-state index contributed by atoms with van der Waals surface area (Å²) in [6.07, 6.45) is 0. The Morgan fingerprint density at radius 3 is 2.00 bits per heavy atom. The molecule has 0 saturated heterocycles. The van der Waals surface area contributed by atoms with Crippen molar-refractivity contribution >= 4 is 28.9 Å². The van der Waals surface area contributed by atoms with Crippen molar-refractivity contribution in [3.8, 4) is 0 Å². The lowest BCUT2D eigenvalue weighted by atomic mass is 9.94. The second kappa shape index (κ2) is 5.02. The van der Waals surface area contributed by atoms with Crippen molar-refractivity contribution in [2.75, 3.05) is 5.32 Å². The number of rotatable bonds is 2. The quantitative estimate of drug-likeness (QED) is 0.842. The molecule has 0 saturated carbocycles. The zero-order chi connectivity index (χ0) is 14.2. The van der Waals surface area contributed by atoms with E-state index in [4.69, 9.17) is 11.6 Å². The summed E-state index contributed by atoms with van der Waals surface area (Å²) in [5.41, 5.74) is 2.84. The number of ketones is 2. The van der Waals surface area contributed by atoms with Crippen molar-refractivity contribution in [1.29, 1.82) is 0 Å². The SMILES string of the molecule is CC1=C(C)C(=O)C(Nc2ccc(C)cc2)=C(Cl)C1=O. The van der Waals surface area contributed by atoms with E-state index < -0.39 is 0 Å². The topological polar surface area (TPSA) is 46.2 Å². The second-order valence-corrected chi connectivity index (χ2v) is 4.97. The number of hydrogen-bond acceptors (Lipinski definition) is 3. The number of benzene rings is 1. The average molecular weight is 276 g/mol. The molecule has 0 heterocycles. The number of carbonyl (C=O) groups is 2. The first-order valence-electron chi connectivity index (χ1n) is 5.92. The smallest absolute Gasteiger partial charge is 0.206 e. The first-order valence-corrected chi connectivity index (χ1v) is 6.30. The number of anilines is 1. The number of halogens is 1. The van der Waals surface area contributed by atoms with Gasteiger partial charge in [0.15, 0.2) is 0 Å². The van der Waals surface area contributed by atoms with Crippen molar-refractivity contribution in [3.05, 3.63) is 51.7 Å². The minimum absolute atomic E-state index is 0.0475. The van der Waals surface area contributed by atoms with E-state index in [1.807, 2.05) is 31.2 Å². The Labute approximate surface area is 117 Å². The molecule has 1 aromatic carbocycles. The zero-order valence-electron chi connectivity index (χ0n) is 11.0. The molecule has 0 aliphatic heterocycles. The van der Waals surface area contributed by atoms with Crippen LogP contribution in [0, 0.1) is 6.92 Å². The van der Waals surface area contributed by atoms with Crippen LogP contribution in [0.1, 0.15) is 19.4 Å². The van der Waals surface area contributed by atoms with E-state index in [1.165, 1.54) is 0 Å². The van der Waals surface area contributed by atoms with Gasteiger partial charge < -0.3 is 5.32 Å². The van der Waals surface area contributed by atoms with Gasteiger partial charge in [0.05, 0.1) is 0 Å². The number of Topliss-reactive ketones (excluding diaryl/α,β-unsaturated/α-hetero) is 2. The fourth-order valence-corrected chi connectivity index (χ4v) is 2.07. The standard InChI is InChI=1S/C15H14ClNO2/c1-8-4-6-11(7-5-8)17-13-12(16)14(18)9(2)10(3)15(13)19/h4-7,17H,1-3H3. The Morgan fingerprint density at radius 1 is 0.895 bits per heavy atom. The van der Waals surface area contributed by atoms with Gasteiger partial charge in [0.1, 0.15) is 10.7 Å².